The second kappa shape index (κ2) is 15.2. The van der Waals surface area contributed by atoms with Gasteiger partial charge in [0, 0.05) is 32.5 Å². The van der Waals surface area contributed by atoms with Crippen molar-refractivity contribution in [3.05, 3.63) is 28.6 Å². The smallest absolute Gasteiger partial charge is 0.453 e. The number of halogens is 4. The molecule has 1 aliphatic rings. The lowest BCUT2D eigenvalue weighted by atomic mass is 10.0. The number of anilines is 2. The van der Waals surface area contributed by atoms with Crippen LogP contribution in [0.5, 0.6) is 0 Å². The summed E-state index contributed by atoms with van der Waals surface area (Å²) in [6, 6.07) is 4.51. The van der Waals surface area contributed by atoms with Gasteiger partial charge in [0.25, 0.3) is 0 Å². The zero-order valence-electron chi connectivity index (χ0n) is 27.3. The molecule has 2 bridgehead atoms. The molecule has 46 heavy (non-hydrogen) atoms. The number of alkyl carbamates (subject to hydrolysis) is 1. The first-order valence-corrected chi connectivity index (χ1v) is 19.5. The first kappa shape index (κ1) is 37.3. The van der Waals surface area contributed by atoms with E-state index in [2.05, 4.69) is 50.9 Å². The maximum atomic E-state index is 13.9. The third-order valence-electron chi connectivity index (χ3n) is 6.99. The summed E-state index contributed by atoms with van der Waals surface area (Å²) in [6.45, 7) is 12.2. The standard InChI is InChI=1S/C30H43BrF3N5O6Si/c1-29(2,3)45-28(42)36-21-11-9-8-10-14-38(26(40)30(32,33)34)22-17-19(35-27(41)43-4)12-13-20(22)23-24(31)39(25(21)37-23)18-44-15-16-46(5,6)7/h12-13,17,21H,8-11,14-16,18H2,1-7H3,(H,35,41)(H,36,42)/t21-/m0/s1. The number of rotatable bonds is 7. The van der Waals surface area contributed by atoms with Crippen LogP contribution in [0.15, 0.2) is 22.8 Å². The molecule has 0 saturated heterocycles. The van der Waals surface area contributed by atoms with Crippen LogP contribution in [0.1, 0.15) is 58.3 Å². The van der Waals surface area contributed by atoms with E-state index in [9.17, 15) is 27.6 Å². The lowest BCUT2D eigenvalue weighted by Gasteiger charge is -2.27. The largest absolute Gasteiger partial charge is 0.471 e. The van der Waals surface area contributed by atoms with Gasteiger partial charge in [0.15, 0.2) is 0 Å². The summed E-state index contributed by atoms with van der Waals surface area (Å²) >= 11 is 3.60. The number of amides is 3. The Labute approximate surface area is 276 Å². The number of imidazole rings is 1. The Bertz CT molecular complexity index is 1410. The number of fused-ring (bicyclic) bond motifs is 4. The average molecular weight is 735 g/mol. The molecule has 1 aromatic heterocycles. The Kier molecular flexibility index (Phi) is 12.3. The summed E-state index contributed by atoms with van der Waals surface area (Å²) in [6.07, 6.45) is -5.04. The van der Waals surface area contributed by atoms with Gasteiger partial charge in [-0.1, -0.05) is 32.5 Å². The Hall–Kier alpha value is -3.11. The summed E-state index contributed by atoms with van der Waals surface area (Å²) in [4.78, 5) is 43.2. The molecule has 256 valence electrons. The predicted octanol–water partition coefficient (Wildman–Crippen LogP) is 7.84. The molecule has 3 rings (SSSR count). The van der Waals surface area contributed by atoms with Crippen molar-refractivity contribution in [3.63, 3.8) is 0 Å². The van der Waals surface area contributed by atoms with Gasteiger partial charge in [-0.25, -0.2) is 14.6 Å². The molecule has 1 aromatic carbocycles. The number of nitrogens with zero attached hydrogens (tertiary/aromatic N) is 3. The number of aromatic nitrogens is 2. The van der Waals surface area contributed by atoms with E-state index in [1.54, 1.807) is 25.3 Å². The van der Waals surface area contributed by atoms with Crippen LogP contribution in [-0.4, -0.2) is 67.8 Å². The maximum Gasteiger partial charge on any atom is 0.471 e. The molecular weight excluding hydrogens is 691 g/mol. The quantitative estimate of drug-likeness (QED) is 0.220. The third kappa shape index (κ3) is 10.5. The van der Waals surface area contributed by atoms with Crippen molar-refractivity contribution in [1.82, 2.24) is 14.9 Å². The second-order valence-electron chi connectivity index (χ2n) is 13.2. The fourth-order valence-corrected chi connectivity index (χ4v) is 6.08. The normalized spacial score (nSPS) is 16.1. The minimum atomic E-state index is -5.16. The van der Waals surface area contributed by atoms with Crippen LogP contribution in [0.2, 0.25) is 25.7 Å². The van der Waals surface area contributed by atoms with Crippen LogP contribution in [-0.2, 0) is 25.7 Å². The highest BCUT2D eigenvalue weighted by Crippen LogP contribution is 2.41. The number of ether oxygens (including phenoxy) is 3. The summed E-state index contributed by atoms with van der Waals surface area (Å²) in [5.74, 6) is -1.64. The van der Waals surface area contributed by atoms with Crippen LogP contribution in [0.25, 0.3) is 11.3 Å². The molecule has 3 amide bonds. The molecule has 0 spiro atoms. The number of nitrogens with one attached hydrogen (secondary N) is 2. The van der Waals surface area contributed by atoms with Crippen molar-refractivity contribution in [2.75, 3.05) is 30.5 Å². The van der Waals surface area contributed by atoms with Crippen molar-refractivity contribution in [2.45, 2.75) is 96.7 Å². The van der Waals surface area contributed by atoms with Gasteiger partial charge in [-0.3, -0.25) is 14.7 Å². The lowest BCUT2D eigenvalue weighted by molar-refractivity contribution is -0.170. The molecule has 1 aliphatic heterocycles. The van der Waals surface area contributed by atoms with Gasteiger partial charge in [-0.2, -0.15) is 13.2 Å². The first-order chi connectivity index (χ1) is 21.3. The molecule has 0 fully saturated rings. The monoisotopic (exact) mass is 733 g/mol. The van der Waals surface area contributed by atoms with E-state index >= 15 is 0 Å². The van der Waals surface area contributed by atoms with Crippen LogP contribution in [0, 0.1) is 0 Å². The summed E-state index contributed by atoms with van der Waals surface area (Å²) in [5, 5.41) is 5.37. The second-order valence-corrected chi connectivity index (χ2v) is 19.6. The number of benzene rings is 1. The Morgan fingerprint density at radius 2 is 1.78 bits per heavy atom. The number of carbonyl (C=O) groups excluding carboxylic acids is 3. The van der Waals surface area contributed by atoms with Gasteiger partial charge in [0.1, 0.15) is 28.5 Å². The van der Waals surface area contributed by atoms with Gasteiger partial charge >= 0.3 is 24.3 Å². The predicted molar refractivity (Wildman–Crippen MR) is 174 cm³/mol. The molecule has 2 heterocycles. The zero-order valence-corrected chi connectivity index (χ0v) is 29.9. The number of methoxy groups -OCH3 is 1. The minimum Gasteiger partial charge on any atom is -0.453 e. The van der Waals surface area contributed by atoms with E-state index in [0.717, 1.165) is 13.2 Å². The molecule has 0 aliphatic carbocycles. The van der Waals surface area contributed by atoms with Gasteiger partial charge in [-0.05, 0) is 73.8 Å². The van der Waals surface area contributed by atoms with Crippen molar-refractivity contribution in [3.8, 4) is 11.3 Å². The zero-order chi connectivity index (χ0) is 34.4. The van der Waals surface area contributed by atoms with E-state index in [4.69, 9.17) is 14.5 Å². The Morgan fingerprint density at radius 3 is 2.39 bits per heavy atom. The minimum absolute atomic E-state index is 0.0441. The fraction of sp³-hybridized carbons (Fsp3) is 0.600. The van der Waals surface area contributed by atoms with Gasteiger partial charge in [0.2, 0.25) is 0 Å². The average Bonchev–Trinajstić information content (AvgIpc) is 3.25. The third-order valence-corrected chi connectivity index (χ3v) is 9.50. The maximum absolute atomic E-state index is 13.9. The Balaban J connectivity index is 2.23. The van der Waals surface area contributed by atoms with E-state index in [-0.39, 0.29) is 42.3 Å². The highest BCUT2D eigenvalue weighted by molar-refractivity contribution is 9.10. The lowest BCUT2D eigenvalue weighted by Crippen LogP contribution is -2.42. The molecular formula is C30H43BrF3N5O6Si. The number of hydrogen-bond acceptors (Lipinski definition) is 7. The summed E-state index contributed by atoms with van der Waals surface area (Å²) in [5.41, 5.74) is -0.323. The SMILES string of the molecule is COC(=O)Nc1ccc2c(c1)N(C(=O)C(F)(F)F)CCCCC[C@H](NC(=O)OC(C)(C)C)c1nc-2c(Br)n1COCC[Si](C)(C)C. The van der Waals surface area contributed by atoms with Crippen LogP contribution < -0.4 is 15.5 Å². The molecule has 0 unspecified atom stereocenters. The van der Waals surface area contributed by atoms with Crippen molar-refractivity contribution in [1.29, 1.82) is 0 Å². The highest BCUT2D eigenvalue weighted by Gasteiger charge is 2.44. The van der Waals surface area contributed by atoms with Crippen molar-refractivity contribution >= 4 is 53.5 Å². The number of hydrogen-bond donors (Lipinski definition) is 2. The van der Waals surface area contributed by atoms with E-state index in [1.165, 1.54) is 18.2 Å². The van der Waals surface area contributed by atoms with Gasteiger partial charge in [0.05, 0.1) is 18.8 Å². The van der Waals surface area contributed by atoms with E-state index in [0.29, 0.717) is 41.2 Å². The number of carbonyl (C=O) groups is 3. The fourth-order valence-electron chi connectivity index (χ4n) is 4.74. The molecule has 0 saturated carbocycles. The topological polar surface area (TPSA) is 124 Å². The molecule has 16 heteroatoms. The van der Waals surface area contributed by atoms with Gasteiger partial charge in [-0.15, -0.1) is 0 Å². The number of alkyl halides is 3. The highest BCUT2D eigenvalue weighted by atomic mass is 79.9. The van der Waals surface area contributed by atoms with E-state index in [1.807, 2.05) is 0 Å². The Morgan fingerprint density at radius 1 is 1.09 bits per heavy atom. The summed E-state index contributed by atoms with van der Waals surface area (Å²) < 4.78 is 60.1. The molecule has 2 N–H and O–H groups in total. The molecule has 2 aromatic rings. The van der Waals surface area contributed by atoms with E-state index < -0.39 is 44.0 Å². The molecule has 0 radical (unpaired) electrons. The van der Waals surface area contributed by atoms with Gasteiger partial charge < -0.3 is 24.4 Å². The first-order valence-electron chi connectivity index (χ1n) is 15.0. The van der Waals surface area contributed by atoms with Crippen molar-refractivity contribution < 1.29 is 41.8 Å². The van der Waals surface area contributed by atoms with Crippen molar-refractivity contribution in [2.24, 2.45) is 0 Å². The molecule has 11 nitrogen and oxygen atoms in total. The summed E-state index contributed by atoms with van der Waals surface area (Å²) in [7, 11) is -0.263. The van der Waals surface area contributed by atoms with Crippen LogP contribution in [0.3, 0.4) is 0 Å². The van der Waals surface area contributed by atoms with Crippen LogP contribution in [0.4, 0.5) is 34.1 Å². The van der Waals surface area contributed by atoms with Crippen LogP contribution >= 0.6 is 15.9 Å². The molecule has 1 atom stereocenters.